The zero-order chi connectivity index (χ0) is 18.1. The highest BCUT2D eigenvalue weighted by molar-refractivity contribution is 6.30. The SMILES string of the molecule is O=C(CCC1CCCC1)Nc1cccc2c1C(=O)c1ccccc1C2=O. The van der Waals surface area contributed by atoms with Gasteiger partial charge in [0.2, 0.25) is 5.91 Å². The average molecular weight is 347 g/mol. The molecular formula is C22H21NO3. The van der Waals surface area contributed by atoms with Crippen LogP contribution in [-0.2, 0) is 4.79 Å². The molecule has 1 N–H and O–H groups in total. The summed E-state index contributed by atoms with van der Waals surface area (Å²) < 4.78 is 0. The lowest BCUT2D eigenvalue weighted by atomic mass is 9.83. The number of nitrogens with one attached hydrogen (secondary N) is 1. The maximum Gasteiger partial charge on any atom is 0.224 e. The summed E-state index contributed by atoms with van der Waals surface area (Å²) in [6.45, 7) is 0. The maximum absolute atomic E-state index is 12.9. The molecule has 0 heterocycles. The topological polar surface area (TPSA) is 63.2 Å². The first kappa shape index (κ1) is 16.7. The van der Waals surface area contributed by atoms with Crippen molar-refractivity contribution in [1.29, 1.82) is 0 Å². The first-order valence-electron chi connectivity index (χ1n) is 9.26. The molecule has 0 radical (unpaired) electrons. The second-order valence-electron chi connectivity index (χ2n) is 7.17. The van der Waals surface area contributed by atoms with E-state index in [2.05, 4.69) is 5.32 Å². The molecule has 0 aromatic heterocycles. The predicted molar refractivity (Wildman–Crippen MR) is 99.6 cm³/mol. The van der Waals surface area contributed by atoms with Gasteiger partial charge in [-0.25, -0.2) is 0 Å². The Morgan fingerprint density at radius 3 is 2.27 bits per heavy atom. The fourth-order valence-corrected chi connectivity index (χ4v) is 4.10. The normalized spacial score (nSPS) is 16.3. The highest BCUT2D eigenvalue weighted by Crippen LogP contribution is 2.32. The van der Waals surface area contributed by atoms with Crippen LogP contribution >= 0.6 is 0 Å². The molecule has 0 spiro atoms. The third-order valence-electron chi connectivity index (χ3n) is 5.48. The average Bonchev–Trinajstić information content (AvgIpc) is 3.18. The van der Waals surface area contributed by atoms with Gasteiger partial charge in [-0.1, -0.05) is 62.1 Å². The van der Waals surface area contributed by atoms with Gasteiger partial charge in [-0.15, -0.1) is 0 Å². The molecule has 2 aliphatic carbocycles. The number of amides is 1. The van der Waals surface area contributed by atoms with Crippen LogP contribution in [0.3, 0.4) is 0 Å². The molecule has 2 aromatic rings. The Bertz CT molecular complexity index is 894. The van der Waals surface area contributed by atoms with Gasteiger partial charge in [0, 0.05) is 23.1 Å². The zero-order valence-corrected chi connectivity index (χ0v) is 14.6. The van der Waals surface area contributed by atoms with Gasteiger partial charge >= 0.3 is 0 Å². The quantitative estimate of drug-likeness (QED) is 0.762. The number of anilines is 1. The minimum Gasteiger partial charge on any atom is -0.325 e. The second-order valence-corrected chi connectivity index (χ2v) is 7.17. The van der Waals surface area contributed by atoms with Gasteiger partial charge in [0.05, 0.1) is 11.3 Å². The number of ketones is 2. The zero-order valence-electron chi connectivity index (χ0n) is 14.6. The number of fused-ring (bicyclic) bond motifs is 2. The van der Waals surface area contributed by atoms with Crippen molar-refractivity contribution in [3.8, 4) is 0 Å². The summed E-state index contributed by atoms with van der Waals surface area (Å²) in [5.74, 6) is 0.170. The predicted octanol–water partition coefficient (Wildman–Crippen LogP) is 4.37. The first-order valence-corrected chi connectivity index (χ1v) is 9.26. The van der Waals surface area contributed by atoms with Crippen LogP contribution in [0, 0.1) is 5.92 Å². The third-order valence-corrected chi connectivity index (χ3v) is 5.48. The van der Waals surface area contributed by atoms with E-state index in [4.69, 9.17) is 0 Å². The molecule has 2 aromatic carbocycles. The van der Waals surface area contributed by atoms with Crippen molar-refractivity contribution in [3.05, 3.63) is 64.7 Å². The molecule has 2 aliphatic rings. The van der Waals surface area contributed by atoms with Crippen LogP contribution < -0.4 is 5.32 Å². The number of rotatable bonds is 4. The van der Waals surface area contributed by atoms with E-state index in [0.29, 0.717) is 40.3 Å². The molecule has 0 saturated heterocycles. The lowest BCUT2D eigenvalue weighted by Crippen LogP contribution is -2.24. The van der Waals surface area contributed by atoms with Gasteiger partial charge in [-0.05, 0) is 18.4 Å². The Morgan fingerprint density at radius 1 is 0.885 bits per heavy atom. The van der Waals surface area contributed by atoms with E-state index < -0.39 is 0 Å². The van der Waals surface area contributed by atoms with Crippen molar-refractivity contribution in [1.82, 2.24) is 0 Å². The molecule has 0 bridgehead atoms. The summed E-state index contributed by atoms with van der Waals surface area (Å²) >= 11 is 0. The van der Waals surface area contributed by atoms with E-state index in [0.717, 1.165) is 6.42 Å². The van der Waals surface area contributed by atoms with Crippen molar-refractivity contribution >= 4 is 23.2 Å². The van der Waals surface area contributed by atoms with Crippen LogP contribution in [0.5, 0.6) is 0 Å². The van der Waals surface area contributed by atoms with Crippen LogP contribution in [0.4, 0.5) is 5.69 Å². The van der Waals surface area contributed by atoms with Gasteiger partial charge < -0.3 is 5.32 Å². The molecular weight excluding hydrogens is 326 g/mol. The highest BCUT2D eigenvalue weighted by Gasteiger charge is 2.31. The second kappa shape index (κ2) is 6.87. The van der Waals surface area contributed by atoms with Crippen molar-refractivity contribution < 1.29 is 14.4 Å². The third kappa shape index (κ3) is 2.96. The van der Waals surface area contributed by atoms with Gasteiger partial charge in [0.15, 0.2) is 11.6 Å². The number of carbonyl (C=O) groups excluding carboxylic acids is 3. The van der Waals surface area contributed by atoms with Crippen LogP contribution in [0.15, 0.2) is 42.5 Å². The Balaban J connectivity index is 1.58. The van der Waals surface area contributed by atoms with Gasteiger partial charge in [-0.2, -0.15) is 0 Å². The van der Waals surface area contributed by atoms with Crippen molar-refractivity contribution in [2.45, 2.75) is 38.5 Å². The summed E-state index contributed by atoms with van der Waals surface area (Å²) in [6.07, 6.45) is 6.27. The minimum absolute atomic E-state index is 0.0931. The minimum atomic E-state index is -0.207. The van der Waals surface area contributed by atoms with Crippen LogP contribution in [-0.4, -0.2) is 17.5 Å². The summed E-state index contributed by atoms with van der Waals surface area (Å²) in [6, 6.07) is 11.9. The van der Waals surface area contributed by atoms with Crippen molar-refractivity contribution in [2.75, 3.05) is 5.32 Å². The molecule has 132 valence electrons. The standard InChI is InChI=1S/C22H21NO3/c24-19(13-12-14-6-1-2-7-14)23-18-11-5-10-17-20(18)22(26)16-9-4-3-8-15(16)21(17)25/h3-5,8-11,14H,1-2,6-7,12-13H2,(H,23,24). The van der Waals surface area contributed by atoms with E-state index in [9.17, 15) is 14.4 Å². The fraction of sp³-hybridized carbons (Fsp3) is 0.318. The van der Waals surface area contributed by atoms with Crippen LogP contribution in [0.1, 0.15) is 70.4 Å². The molecule has 26 heavy (non-hydrogen) atoms. The van der Waals surface area contributed by atoms with Gasteiger partial charge in [0.25, 0.3) is 0 Å². The van der Waals surface area contributed by atoms with Gasteiger partial charge in [0.1, 0.15) is 0 Å². The monoisotopic (exact) mass is 347 g/mol. The molecule has 0 unspecified atom stereocenters. The lowest BCUT2D eigenvalue weighted by Gasteiger charge is -2.20. The summed E-state index contributed by atoms with van der Waals surface area (Å²) in [5, 5.41) is 2.86. The van der Waals surface area contributed by atoms with E-state index in [1.54, 1.807) is 42.5 Å². The fourth-order valence-electron chi connectivity index (χ4n) is 4.10. The molecule has 1 saturated carbocycles. The molecule has 4 nitrogen and oxygen atoms in total. The Labute approximate surface area is 152 Å². The Morgan fingerprint density at radius 2 is 1.54 bits per heavy atom. The maximum atomic E-state index is 12.9. The number of carbonyl (C=O) groups is 3. The molecule has 4 rings (SSSR count). The summed E-state index contributed by atoms with van der Waals surface area (Å²) in [5.41, 5.74) is 1.94. The van der Waals surface area contributed by atoms with Crippen LogP contribution in [0.25, 0.3) is 0 Å². The van der Waals surface area contributed by atoms with E-state index in [1.165, 1.54) is 25.7 Å². The Hall–Kier alpha value is -2.75. The van der Waals surface area contributed by atoms with E-state index in [1.807, 2.05) is 0 Å². The first-order chi connectivity index (χ1) is 12.6. The molecule has 4 heteroatoms. The lowest BCUT2D eigenvalue weighted by molar-refractivity contribution is -0.116. The number of hydrogen-bond donors (Lipinski definition) is 1. The molecule has 1 fully saturated rings. The highest BCUT2D eigenvalue weighted by atomic mass is 16.2. The van der Waals surface area contributed by atoms with Crippen molar-refractivity contribution in [2.24, 2.45) is 5.92 Å². The molecule has 0 atom stereocenters. The van der Waals surface area contributed by atoms with E-state index >= 15 is 0 Å². The largest absolute Gasteiger partial charge is 0.325 e. The van der Waals surface area contributed by atoms with E-state index in [-0.39, 0.29) is 17.5 Å². The number of benzene rings is 2. The Kier molecular flexibility index (Phi) is 4.41. The summed E-state index contributed by atoms with van der Waals surface area (Å²) in [4.78, 5) is 38.0. The van der Waals surface area contributed by atoms with Crippen molar-refractivity contribution in [3.63, 3.8) is 0 Å². The molecule has 0 aliphatic heterocycles. The van der Waals surface area contributed by atoms with Crippen LogP contribution in [0.2, 0.25) is 0 Å². The molecule has 1 amide bonds. The number of hydrogen-bond acceptors (Lipinski definition) is 3. The smallest absolute Gasteiger partial charge is 0.224 e. The van der Waals surface area contributed by atoms with Gasteiger partial charge in [-0.3, -0.25) is 14.4 Å². The summed E-state index contributed by atoms with van der Waals surface area (Å²) in [7, 11) is 0.